The first-order valence-electron chi connectivity index (χ1n) is 8.28. The van der Waals surface area contributed by atoms with E-state index in [9.17, 15) is 13.2 Å². The fraction of sp³-hybridized carbons (Fsp3) is 0.100. The lowest BCUT2D eigenvalue weighted by Crippen LogP contribution is -2.26. The van der Waals surface area contributed by atoms with Crippen molar-refractivity contribution in [3.05, 3.63) is 90.3 Å². The van der Waals surface area contributed by atoms with E-state index in [0.29, 0.717) is 11.3 Å². The summed E-state index contributed by atoms with van der Waals surface area (Å²) in [5.41, 5.74) is 1.84. The smallest absolute Gasteiger partial charge is 0.257 e. The molecule has 0 bridgehead atoms. The van der Waals surface area contributed by atoms with Gasteiger partial charge in [-0.3, -0.25) is 9.78 Å². The molecule has 1 aromatic heterocycles. The fourth-order valence-electron chi connectivity index (χ4n) is 2.52. The predicted octanol–water partition coefficient (Wildman–Crippen LogP) is 3.15. The van der Waals surface area contributed by atoms with Crippen LogP contribution in [0.3, 0.4) is 0 Å². The van der Waals surface area contributed by atoms with Gasteiger partial charge in [-0.2, -0.15) is 4.31 Å². The molecule has 1 amide bonds. The Morgan fingerprint density at radius 1 is 1.00 bits per heavy atom. The molecule has 7 heteroatoms. The van der Waals surface area contributed by atoms with Gasteiger partial charge in [-0.15, -0.1) is 0 Å². The van der Waals surface area contributed by atoms with Crippen LogP contribution < -0.4 is 5.32 Å². The summed E-state index contributed by atoms with van der Waals surface area (Å²) >= 11 is 0. The Bertz CT molecular complexity index is 1010. The lowest BCUT2D eigenvalue weighted by Gasteiger charge is -2.17. The highest BCUT2D eigenvalue weighted by Gasteiger charge is 2.21. The summed E-state index contributed by atoms with van der Waals surface area (Å²) in [5, 5.41) is 2.72. The number of nitrogens with zero attached hydrogens (tertiary/aromatic N) is 2. The molecule has 0 aliphatic carbocycles. The molecular weight excluding hydrogens is 362 g/mol. The highest BCUT2D eigenvalue weighted by molar-refractivity contribution is 7.89. The van der Waals surface area contributed by atoms with E-state index in [1.165, 1.54) is 22.6 Å². The Hall–Kier alpha value is -3.03. The maximum Gasteiger partial charge on any atom is 0.257 e. The third kappa shape index (κ3) is 4.58. The minimum absolute atomic E-state index is 0.167. The number of sulfonamides is 1. The minimum atomic E-state index is -3.62. The molecule has 0 fully saturated rings. The topological polar surface area (TPSA) is 79.4 Å². The van der Waals surface area contributed by atoms with Crippen molar-refractivity contribution in [2.75, 3.05) is 12.4 Å². The maximum absolute atomic E-state index is 12.7. The van der Waals surface area contributed by atoms with Crippen LogP contribution in [0, 0.1) is 0 Å². The van der Waals surface area contributed by atoms with Gasteiger partial charge in [-0.25, -0.2) is 8.42 Å². The first-order valence-corrected chi connectivity index (χ1v) is 9.72. The van der Waals surface area contributed by atoms with Crippen LogP contribution in [0.25, 0.3) is 0 Å². The number of amides is 1. The molecule has 6 nitrogen and oxygen atoms in total. The van der Waals surface area contributed by atoms with Crippen molar-refractivity contribution in [3.63, 3.8) is 0 Å². The second-order valence-electron chi connectivity index (χ2n) is 5.97. The molecule has 3 rings (SSSR count). The van der Waals surface area contributed by atoms with Gasteiger partial charge in [-0.1, -0.05) is 30.3 Å². The highest BCUT2D eigenvalue weighted by Crippen LogP contribution is 2.19. The third-order valence-corrected chi connectivity index (χ3v) is 5.81. The summed E-state index contributed by atoms with van der Waals surface area (Å²) in [6.45, 7) is 0.280. The van der Waals surface area contributed by atoms with Crippen molar-refractivity contribution in [1.82, 2.24) is 9.29 Å². The third-order valence-electron chi connectivity index (χ3n) is 3.99. The molecule has 0 radical (unpaired) electrons. The predicted molar refractivity (Wildman–Crippen MR) is 104 cm³/mol. The van der Waals surface area contributed by atoms with Gasteiger partial charge in [0.05, 0.1) is 10.5 Å². The second kappa shape index (κ2) is 8.11. The molecule has 0 aliphatic heterocycles. The monoisotopic (exact) mass is 381 g/mol. The minimum Gasteiger partial charge on any atom is -0.322 e. The largest absolute Gasteiger partial charge is 0.322 e. The summed E-state index contributed by atoms with van der Waals surface area (Å²) in [4.78, 5) is 16.2. The van der Waals surface area contributed by atoms with E-state index in [-0.39, 0.29) is 17.3 Å². The lowest BCUT2D eigenvalue weighted by atomic mass is 10.2. The Morgan fingerprint density at radius 2 is 1.70 bits per heavy atom. The highest BCUT2D eigenvalue weighted by atomic mass is 32.2. The summed E-state index contributed by atoms with van der Waals surface area (Å²) in [7, 11) is -2.08. The Labute approximate surface area is 158 Å². The van der Waals surface area contributed by atoms with Crippen molar-refractivity contribution >= 4 is 21.6 Å². The van der Waals surface area contributed by atoms with Crippen molar-refractivity contribution in [2.24, 2.45) is 0 Å². The van der Waals surface area contributed by atoms with Gasteiger partial charge < -0.3 is 5.32 Å². The van der Waals surface area contributed by atoms with Crippen LogP contribution in [0.5, 0.6) is 0 Å². The normalized spacial score (nSPS) is 11.3. The molecule has 0 atom stereocenters. The number of pyridine rings is 1. The number of rotatable bonds is 6. The van der Waals surface area contributed by atoms with Crippen molar-refractivity contribution in [3.8, 4) is 0 Å². The van der Waals surface area contributed by atoms with E-state index in [2.05, 4.69) is 10.3 Å². The molecule has 0 spiro atoms. The van der Waals surface area contributed by atoms with Crippen LogP contribution in [0.2, 0.25) is 0 Å². The van der Waals surface area contributed by atoms with E-state index < -0.39 is 10.0 Å². The number of aromatic nitrogens is 1. The number of carbonyl (C=O) groups is 1. The van der Waals surface area contributed by atoms with Crippen LogP contribution in [-0.2, 0) is 16.6 Å². The number of carbonyl (C=O) groups excluding carboxylic acids is 1. The molecule has 27 heavy (non-hydrogen) atoms. The number of benzene rings is 2. The van der Waals surface area contributed by atoms with Gasteiger partial charge in [0, 0.05) is 31.7 Å². The Kier molecular flexibility index (Phi) is 5.63. The maximum atomic E-state index is 12.7. The van der Waals surface area contributed by atoms with E-state index in [1.807, 2.05) is 30.3 Å². The first-order chi connectivity index (χ1) is 13.0. The van der Waals surface area contributed by atoms with Gasteiger partial charge in [0.25, 0.3) is 5.91 Å². The zero-order valence-corrected chi connectivity index (χ0v) is 15.6. The van der Waals surface area contributed by atoms with Gasteiger partial charge in [0.15, 0.2) is 0 Å². The van der Waals surface area contributed by atoms with Crippen LogP contribution in [0.15, 0.2) is 84.0 Å². The summed E-state index contributed by atoms with van der Waals surface area (Å²) in [5.74, 6) is -0.306. The Balaban J connectivity index is 1.71. The summed E-state index contributed by atoms with van der Waals surface area (Å²) < 4.78 is 26.7. The lowest BCUT2D eigenvalue weighted by molar-refractivity contribution is 0.102. The van der Waals surface area contributed by atoms with Crippen LogP contribution in [-0.4, -0.2) is 30.7 Å². The molecule has 1 heterocycles. The number of nitrogens with one attached hydrogen (secondary N) is 1. The molecule has 1 N–H and O–H groups in total. The molecule has 0 aliphatic rings. The van der Waals surface area contributed by atoms with Gasteiger partial charge >= 0.3 is 0 Å². The van der Waals surface area contributed by atoms with Gasteiger partial charge in [-0.05, 0) is 42.0 Å². The molecular formula is C20H19N3O3S. The van der Waals surface area contributed by atoms with Crippen LogP contribution in [0.1, 0.15) is 15.9 Å². The second-order valence-corrected chi connectivity index (χ2v) is 8.01. The SMILES string of the molecule is CN(Cc1ccccc1)S(=O)(=O)c1ccc(NC(=O)c2cccnc2)cc1. The average Bonchev–Trinajstić information content (AvgIpc) is 2.70. The fourth-order valence-corrected chi connectivity index (χ4v) is 3.67. The molecule has 138 valence electrons. The van der Waals surface area contributed by atoms with E-state index in [0.717, 1.165) is 5.56 Å². The number of hydrogen-bond donors (Lipinski definition) is 1. The van der Waals surface area contributed by atoms with Crippen LogP contribution >= 0.6 is 0 Å². The molecule has 3 aromatic rings. The molecule has 0 saturated carbocycles. The van der Waals surface area contributed by atoms with Gasteiger partial charge in [0.2, 0.25) is 10.0 Å². The number of hydrogen-bond acceptors (Lipinski definition) is 4. The van der Waals surface area contributed by atoms with Crippen LogP contribution in [0.4, 0.5) is 5.69 Å². The van der Waals surface area contributed by atoms with E-state index >= 15 is 0 Å². The van der Waals surface area contributed by atoms with Gasteiger partial charge in [0.1, 0.15) is 0 Å². The molecule has 0 saturated heterocycles. The van der Waals surface area contributed by atoms with E-state index in [1.54, 1.807) is 37.5 Å². The standard InChI is InChI=1S/C20H19N3O3S/c1-23(15-16-6-3-2-4-7-16)27(25,26)19-11-9-18(10-12-19)22-20(24)17-8-5-13-21-14-17/h2-14H,15H2,1H3,(H,22,24). The number of anilines is 1. The van der Waals surface area contributed by atoms with Crippen molar-refractivity contribution in [2.45, 2.75) is 11.4 Å². The average molecular weight is 381 g/mol. The Morgan fingerprint density at radius 3 is 2.33 bits per heavy atom. The van der Waals surface area contributed by atoms with Crippen molar-refractivity contribution < 1.29 is 13.2 Å². The molecule has 0 unspecified atom stereocenters. The summed E-state index contributed by atoms with van der Waals surface area (Å²) in [6, 6.07) is 18.8. The zero-order valence-electron chi connectivity index (χ0n) is 14.7. The summed E-state index contributed by atoms with van der Waals surface area (Å²) in [6.07, 6.45) is 3.05. The van der Waals surface area contributed by atoms with Crippen molar-refractivity contribution in [1.29, 1.82) is 0 Å². The van der Waals surface area contributed by atoms with E-state index in [4.69, 9.17) is 0 Å². The quantitative estimate of drug-likeness (QED) is 0.711. The zero-order chi connectivity index (χ0) is 19.3. The molecule has 2 aromatic carbocycles. The first kappa shape index (κ1) is 18.8.